The number of nitrogens with zero attached hydrogens (tertiary/aromatic N) is 2. The summed E-state index contributed by atoms with van der Waals surface area (Å²) in [4.78, 5) is 21.5. The molecule has 9 nitrogen and oxygen atoms in total. The average molecular weight is 560 g/mol. The van der Waals surface area contributed by atoms with Crippen molar-refractivity contribution in [1.29, 1.82) is 0 Å². The van der Waals surface area contributed by atoms with Crippen LogP contribution in [0.15, 0.2) is 54.6 Å². The Morgan fingerprint density at radius 2 is 1.59 bits per heavy atom. The first kappa shape index (κ1) is 27.6. The fraction of sp³-hybridized carbons (Fsp3) is 0.192. The molecule has 4 aromatic rings. The van der Waals surface area contributed by atoms with Gasteiger partial charge in [0.2, 0.25) is 5.88 Å². The molecule has 4 rings (SSSR count). The van der Waals surface area contributed by atoms with Gasteiger partial charge in [0.05, 0.1) is 29.7 Å². The maximum Gasteiger partial charge on any atom is 0.416 e. The van der Waals surface area contributed by atoms with Crippen LogP contribution in [0.4, 0.5) is 35.0 Å². The number of fused-ring (bicyclic) bond motifs is 1. The number of benzene rings is 3. The molecule has 0 aliphatic heterocycles. The largest absolute Gasteiger partial charge is 0.492 e. The number of halogens is 3. The van der Waals surface area contributed by atoms with Crippen LogP contribution in [0.25, 0.3) is 10.8 Å². The lowest BCUT2D eigenvalue weighted by Gasteiger charge is -2.18. The molecule has 204 valence electrons. The Morgan fingerprint density at radius 3 is 2.23 bits per heavy atom. The van der Waals surface area contributed by atoms with E-state index in [0.29, 0.717) is 33.9 Å². The number of anilines is 3. The van der Waals surface area contributed by atoms with Crippen molar-refractivity contribution in [3.63, 3.8) is 0 Å². The van der Waals surface area contributed by atoms with E-state index in [1.54, 1.807) is 49.4 Å². The molecule has 13 heteroatoms. The van der Waals surface area contributed by atoms with Crippen molar-refractivity contribution in [3.8, 4) is 17.4 Å². The standard InChI is InChI=1S/C26H24F3N5O4S/c1-14-11-23(31-15(2)30-14)38-22-10-9-19(17-7-5-6-8-18(17)22)32-25(35)33-20-12-16(26(27,28)29)13-21(24(20)37-3)34-39(4)36/h5-13,34H,1-4H3,(H2,32,33,35). The number of carbonyl (C=O) groups is 1. The summed E-state index contributed by atoms with van der Waals surface area (Å²) >= 11 is 0. The first-order chi connectivity index (χ1) is 18.4. The third kappa shape index (κ3) is 6.55. The molecule has 1 aromatic heterocycles. The minimum atomic E-state index is -4.72. The van der Waals surface area contributed by atoms with Crippen molar-refractivity contribution < 1.29 is 31.6 Å². The lowest BCUT2D eigenvalue weighted by molar-refractivity contribution is -0.137. The number of amides is 2. The smallest absolute Gasteiger partial charge is 0.416 e. The lowest BCUT2D eigenvalue weighted by Crippen LogP contribution is -2.21. The van der Waals surface area contributed by atoms with E-state index >= 15 is 0 Å². The SMILES string of the molecule is COc1c(NC(=O)Nc2ccc(Oc3cc(C)nc(C)n3)c3ccccc23)cc(C(F)(F)F)cc1NS(C)=O. The maximum atomic E-state index is 13.5. The van der Waals surface area contributed by atoms with E-state index in [0.717, 1.165) is 17.8 Å². The summed E-state index contributed by atoms with van der Waals surface area (Å²) in [5, 5.41) is 6.35. The van der Waals surface area contributed by atoms with Crippen LogP contribution >= 0.6 is 0 Å². The van der Waals surface area contributed by atoms with Crippen LogP contribution in [0, 0.1) is 13.8 Å². The fourth-order valence-electron chi connectivity index (χ4n) is 3.93. The van der Waals surface area contributed by atoms with Crippen molar-refractivity contribution in [3.05, 3.63) is 71.7 Å². The topological polar surface area (TPSA) is 114 Å². The van der Waals surface area contributed by atoms with Crippen molar-refractivity contribution in [1.82, 2.24) is 9.97 Å². The fourth-order valence-corrected chi connectivity index (χ4v) is 4.39. The predicted octanol–water partition coefficient (Wildman–Crippen LogP) is 6.42. The third-order valence-corrected chi connectivity index (χ3v) is 5.92. The summed E-state index contributed by atoms with van der Waals surface area (Å²) in [6.07, 6.45) is -3.47. The highest BCUT2D eigenvalue weighted by Gasteiger charge is 2.33. The summed E-state index contributed by atoms with van der Waals surface area (Å²) in [7, 11) is -0.473. The van der Waals surface area contributed by atoms with E-state index in [9.17, 15) is 22.2 Å². The number of hydrogen-bond donors (Lipinski definition) is 3. The zero-order valence-electron chi connectivity index (χ0n) is 21.3. The Hall–Kier alpha value is -4.39. The highest BCUT2D eigenvalue weighted by Crippen LogP contribution is 2.41. The van der Waals surface area contributed by atoms with Crippen LogP contribution in [0.2, 0.25) is 0 Å². The number of hydrogen-bond acceptors (Lipinski definition) is 6. The number of ether oxygens (including phenoxy) is 2. The molecule has 1 heterocycles. The second kappa shape index (κ2) is 11.2. The minimum absolute atomic E-state index is 0.114. The van der Waals surface area contributed by atoms with E-state index in [1.165, 1.54) is 13.4 Å². The Kier molecular flexibility index (Phi) is 7.90. The molecule has 2 amide bonds. The molecular formula is C26H24F3N5O4S. The number of methoxy groups -OCH3 is 1. The Balaban J connectivity index is 1.65. The second-order valence-electron chi connectivity index (χ2n) is 8.39. The monoisotopic (exact) mass is 559 g/mol. The molecule has 3 N–H and O–H groups in total. The van der Waals surface area contributed by atoms with Crippen LogP contribution < -0.4 is 24.8 Å². The number of rotatable bonds is 7. The Bertz CT molecular complexity index is 1560. The van der Waals surface area contributed by atoms with Crippen LogP contribution in [0.3, 0.4) is 0 Å². The van der Waals surface area contributed by atoms with Crippen LogP contribution in [0.1, 0.15) is 17.1 Å². The molecule has 0 fully saturated rings. The molecule has 0 aliphatic rings. The Morgan fingerprint density at radius 1 is 0.923 bits per heavy atom. The molecule has 39 heavy (non-hydrogen) atoms. The van der Waals surface area contributed by atoms with Gasteiger partial charge in [0, 0.05) is 28.8 Å². The molecule has 0 spiro atoms. The van der Waals surface area contributed by atoms with Gasteiger partial charge in [0.1, 0.15) is 22.6 Å². The first-order valence-electron chi connectivity index (χ1n) is 11.4. The van der Waals surface area contributed by atoms with Gasteiger partial charge in [0.15, 0.2) is 5.75 Å². The van der Waals surface area contributed by atoms with Gasteiger partial charge in [-0.05, 0) is 38.1 Å². The number of nitrogens with one attached hydrogen (secondary N) is 3. The van der Waals surface area contributed by atoms with Crippen LogP contribution in [-0.2, 0) is 17.2 Å². The van der Waals surface area contributed by atoms with Gasteiger partial charge in [-0.2, -0.15) is 18.2 Å². The van der Waals surface area contributed by atoms with Crippen molar-refractivity contribution >= 4 is 44.9 Å². The Labute approximate surface area is 224 Å². The van der Waals surface area contributed by atoms with Crippen molar-refractivity contribution in [2.24, 2.45) is 0 Å². The summed E-state index contributed by atoms with van der Waals surface area (Å²) in [6, 6.07) is 12.8. The van der Waals surface area contributed by atoms with E-state index in [-0.39, 0.29) is 17.1 Å². The molecule has 0 radical (unpaired) electrons. The molecule has 0 aliphatic carbocycles. The zero-order valence-corrected chi connectivity index (χ0v) is 22.1. The van der Waals surface area contributed by atoms with E-state index in [2.05, 4.69) is 25.3 Å². The van der Waals surface area contributed by atoms with E-state index in [1.807, 2.05) is 6.92 Å². The average Bonchev–Trinajstić information content (AvgIpc) is 2.84. The maximum absolute atomic E-state index is 13.5. The molecular weight excluding hydrogens is 535 g/mol. The highest BCUT2D eigenvalue weighted by atomic mass is 32.2. The van der Waals surface area contributed by atoms with Gasteiger partial charge in [-0.15, -0.1) is 0 Å². The normalized spacial score (nSPS) is 12.1. The second-order valence-corrected chi connectivity index (χ2v) is 9.50. The summed E-state index contributed by atoms with van der Waals surface area (Å²) < 4.78 is 65.9. The summed E-state index contributed by atoms with van der Waals surface area (Å²) in [5.74, 6) is 1.28. The molecule has 1 unspecified atom stereocenters. The quantitative estimate of drug-likeness (QED) is 0.241. The number of urea groups is 1. The number of alkyl halides is 3. The van der Waals surface area contributed by atoms with Gasteiger partial charge in [-0.25, -0.2) is 14.0 Å². The van der Waals surface area contributed by atoms with E-state index in [4.69, 9.17) is 9.47 Å². The predicted molar refractivity (Wildman–Crippen MR) is 144 cm³/mol. The number of aromatic nitrogens is 2. The molecule has 3 aromatic carbocycles. The molecule has 0 bridgehead atoms. The van der Waals surface area contributed by atoms with Crippen LogP contribution in [0.5, 0.6) is 17.4 Å². The summed E-state index contributed by atoms with van der Waals surface area (Å²) in [6.45, 7) is 3.58. The lowest BCUT2D eigenvalue weighted by atomic mass is 10.1. The molecule has 0 saturated carbocycles. The van der Waals surface area contributed by atoms with Gasteiger partial charge < -0.3 is 24.8 Å². The number of carbonyl (C=O) groups excluding carboxylic acids is 1. The van der Waals surface area contributed by atoms with Gasteiger partial charge in [-0.3, -0.25) is 0 Å². The van der Waals surface area contributed by atoms with Gasteiger partial charge >= 0.3 is 12.2 Å². The molecule has 0 saturated heterocycles. The first-order valence-corrected chi connectivity index (χ1v) is 13.0. The summed E-state index contributed by atoms with van der Waals surface area (Å²) in [5.41, 5.74) is -0.398. The number of aryl methyl sites for hydroxylation is 2. The minimum Gasteiger partial charge on any atom is -0.492 e. The van der Waals surface area contributed by atoms with E-state index < -0.39 is 28.8 Å². The highest BCUT2D eigenvalue weighted by molar-refractivity contribution is 7.85. The molecule has 1 atom stereocenters. The van der Waals surface area contributed by atoms with Gasteiger partial charge in [0.25, 0.3) is 0 Å². The van der Waals surface area contributed by atoms with Crippen molar-refractivity contribution in [2.45, 2.75) is 20.0 Å². The van der Waals surface area contributed by atoms with Crippen molar-refractivity contribution in [2.75, 3.05) is 28.7 Å². The third-order valence-electron chi connectivity index (χ3n) is 5.41. The van der Waals surface area contributed by atoms with Gasteiger partial charge in [-0.1, -0.05) is 24.3 Å². The van der Waals surface area contributed by atoms with Crippen LogP contribution in [-0.4, -0.2) is 33.6 Å². The zero-order chi connectivity index (χ0) is 28.3.